The minimum atomic E-state index is -0.228. The summed E-state index contributed by atoms with van der Waals surface area (Å²) in [6.07, 6.45) is 3.00. The number of para-hydroxylation sites is 1. The highest BCUT2D eigenvalue weighted by Crippen LogP contribution is 2.43. The topological polar surface area (TPSA) is 99.9 Å². The molecule has 7 nitrogen and oxygen atoms in total. The van der Waals surface area contributed by atoms with Gasteiger partial charge in [-0.25, -0.2) is 0 Å². The maximum absolute atomic E-state index is 11.6. The van der Waals surface area contributed by atoms with Crippen LogP contribution in [0.25, 0.3) is 0 Å². The van der Waals surface area contributed by atoms with Crippen LogP contribution in [0.1, 0.15) is 53.5 Å². The van der Waals surface area contributed by atoms with Crippen molar-refractivity contribution in [2.24, 2.45) is 17.6 Å². The van der Waals surface area contributed by atoms with E-state index in [9.17, 15) is 9.59 Å². The van der Waals surface area contributed by atoms with Crippen molar-refractivity contribution < 1.29 is 23.8 Å². The van der Waals surface area contributed by atoms with E-state index >= 15 is 0 Å². The van der Waals surface area contributed by atoms with Crippen LogP contribution in [-0.2, 0) is 11.2 Å². The lowest BCUT2D eigenvalue weighted by Crippen LogP contribution is -2.19. The van der Waals surface area contributed by atoms with E-state index in [4.69, 9.17) is 14.2 Å². The second kappa shape index (κ2) is 15.9. The molecule has 1 saturated carbocycles. The fraction of sp³-hybridized carbons (Fsp3) is 0.481. The van der Waals surface area contributed by atoms with Crippen LogP contribution in [0.3, 0.4) is 0 Å². The van der Waals surface area contributed by atoms with Crippen molar-refractivity contribution in [1.29, 1.82) is 0 Å². The first-order chi connectivity index (χ1) is 16.5. The van der Waals surface area contributed by atoms with Crippen LogP contribution in [0.2, 0.25) is 0 Å². The molecule has 2 heterocycles. The molecule has 1 aliphatic carbocycles. The normalized spacial score (nSPS) is 19.8. The molecular formula is C27H40N2O5. The van der Waals surface area contributed by atoms with Gasteiger partial charge in [-0.3, -0.25) is 9.59 Å². The van der Waals surface area contributed by atoms with Crippen LogP contribution >= 0.6 is 0 Å². The van der Waals surface area contributed by atoms with E-state index in [1.54, 1.807) is 26.3 Å². The summed E-state index contributed by atoms with van der Waals surface area (Å²) < 4.78 is 15.6. The molecule has 0 bridgehead atoms. The second-order valence-corrected chi connectivity index (χ2v) is 7.70. The van der Waals surface area contributed by atoms with Crippen LogP contribution in [0.4, 0.5) is 0 Å². The first kappa shape index (κ1) is 29.1. The number of nitrogens with two attached hydrogens (primary N) is 1. The van der Waals surface area contributed by atoms with Crippen molar-refractivity contribution in [3.05, 3.63) is 59.2 Å². The van der Waals surface area contributed by atoms with E-state index in [0.29, 0.717) is 16.9 Å². The first-order valence-corrected chi connectivity index (χ1v) is 11.8. The van der Waals surface area contributed by atoms with Crippen LogP contribution in [-0.4, -0.2) is 52.7 Å². The van der Waals surface area contributed by atoms with Crippen LogP contribution in [0.15, 0.2) is 42.5 Å². The maximum Gasteiger partial charge on any atom is 0.254 e. The quantitative estimate of drug-likeness (QED) is 0.652. The third-order valence-electron chi connectivity index (χ3n) is 5.33. The summed E-state index contributed by atoms with van der Waals surface area (Å²) in [6.45, 7) is 8.06. The van der Waals surface area contributed by atoms with E-state index < -0.39 is 0 Å². The minimum absolute atomic E-state index is 0.0558. The summed E-state index contributed by atoms with van der Waals surface area (Å²) >= 11 is 0. The van der Waals surface area contributed by atoms with Gasteiger partial charge in [-0.05, 0) is 62.1 Å². The Kier molecular flexibility index (Phi) is 13.6. The maximum atomic E-state index is 11.6. The second-order valence-electron chi connectivity index (χ2n) is 7.70. The number of methoxy groups -OCH3 is 1. The number of aldehydes is 1. The van der Waals surface area contributed by atoms with Crippen molar-refractivity contribution in [1.82, 2.24) is 5.32 Å². The number of amides is 1. The Morgan fingerprint density at radius 1 is 1.12 bits per heavy atom. The van der Waals surface area contributed by atoms with Crippen molar-refractivity contribution in [2.45, 2.75) is 39.7 Å². The highest BCUT2D eigenvalue weighted by molar-refractivity contribution is 5.99. The fourth-order valence-electron chi connectivity index (χ4n) is 3.57. The lowest BCUT2D eigenvalue weighted by Gasteiger charge is -2.08. The number of hydrogen-bond acceptors (Lipinski definition) is 6. The highest BCUT2D eigenvalue weighted by atomic mass is 16.5. The van der Waals surface area contributed by atoms with Gasteiger partial charge in [0.25, 0.3) is 5.91 Å². The molecular weight excluding hydrogens is 432 g/mol. The molecule has 0 aromatic heterocycles. The standard InChI is InChI=1S/C12H13NO3.C7H8O.C5H8O.C2H6.CH5N/c1-7-3-9-4-8(6-14)5-10(11(9)16-7)12(15)13-2;1-8-7-5-3-2-4-6-7;1-4-2-6-3-5(1)4;2*1-2/h4-7H,3H2,1-2H3,(H,13,15);2-6H,1H3;4-5H,1-3H2;1-2H3;2H2,1H3. The molecule has 3 unspecified atom stereocenters. The number of nitrogens with one attached hydrogen (secondary N) is 1. The average molecular weight is 473 g/mol. The molecule has 34 heavy (non-hydrogen) atoms. The van der Waals surface area contributed by atoms with Gasteiger partial charge in [0.2, 0.25) is 0 Å². The largest absolute Gasteiger partial charge is 0.497 e. The third-order valence-corrected chi connectivity index (χ3v) is 5.33. The van der Waals surface area contributed by atoms with Gasteiger partial charge in [-0.1, -0.05) is 32.0 Å². The molecule has 3 aliphatic rings. The molecule has 2 aromatic carbocycles. The fourth-order valence-corrected chi connectivity index (χ4v) is 3.57. The Morgan fingerprint density at radius 2 is 1.74 bits per heavy atom. The number of carbonyl (C=O) groups is 2. The van der Waals surface area contributed by atoms with Crippen molar-refractivity contribution in [3.63, 3.8) is 0 Å². The van der Waals surface area contributed by atoms with E-state index in [-0.39, 0.29) is 12.0 Å². The molecule has 7 heteroatoms. The number of ether oxygens (including phenoxy) is 3. The molecule has 188 valence electrons. The zero-order valence-corrected chi connectivity index (χ0v) is 21.3. The Hall–Kier alpha value is -2.90. The number of benzene rings is 2. The lowest BCUT2D eigenvalue weighted by atomic mass is 10.0. The Bertz CT molecular complexity index is 865. The summed E-state index contributed by atoms with van der Waals surface area (Å²) in [5.74, 6) is 3.27. The van der Waals surface area contributed by atoms with Gasteiger partial charge >= 0.3 is 0 Å². The van der Waals surface area contributed by atoms with Gasteiger partial charge in [0.1, 0.15) is 23.9 Å². The SMILES string of the molecule is C1OCC2CC12.CC.CN.CNC(=O)c1cc(C=O)cc2c1OC(C)C2.COc1ccccc1. The molecule has 3 atom stereocenters. The van der Waals surface area contributed by atoms with Crippen LogP contribution in [0.5, 0.6) is 11.5 Å². The molecule has 5 rings (SSSR count). The summed E-state index contributed by atoms with van der Waals surface area (Å²) in [5, 5.41) is 2.54. The number of hydrogen-bond donors (Lipinski definition) is 2. The lowest BCUT2D eigenvalue weighted by molar-refractivity contribution is 0.0958. The summed E-state index contributed by atoms with van der Waals surface area (Å²) in [6, 6.07) is 13.0. The molecule has 2 aromatic rings. The Balaban J connectivity index is 0.000000266. The van der Waals surface area contributed by atoms with E-state index in [2.05, 4.69) is 11.1 Å². The van der Waals surface area contributed by atoms with Crippen molar-refractivity contribution in [3.8, 4) is 11.5 Å². The smallest absolute Gasteiger partial charge is 0.254 e. The van der Waals surface area contributed by atoms with Gasteiger partial charge in [0.05, 0.1) is 12.7 Å². The van der Waals surface area contributed by atoms with Crippen molar-refractivity contribution in [2.75, 3.05) is 34.4 Å². The molecule has 1 amide bonds. The van der Waals surface area contributed by atoms with Crippen LogP contribution < -0.4 is 20.5 Å². The summed E-state index contributed by atoms with van der Waals surface area (Å²) in [7, 11) is 4.72. The first-order valence-electron chi connectivity index (χ1n) is 11.8. The van der Waals surface area contributed by atoms with Crippen molar-refractivity contribution >= 4 is 12.2 Å². The number of fused-ring (bicyclic) bond motifs is 2. The van der Waals surface area contributed by atoms with Crippen LogP contribution in [0, 0.1) is 11.8 Å². The number of carbonyl (C=O) groups excluding carboxylic acids is 2. The zero-order valence-electron chi connectivity index (χ0n) is 21.3. The van der Waals surface area contributed by atoms with Gasteiger partial charge < -0.3 is 25.3 Å². The average Bonchev–Trinajstić information content (AvgIpc) is 3.31. The van der Waals surface area contributed by atoms with E-state index in [1.165, 1.54) is 13.5 Å². The van der Waals surface area contributed by atoms with Gasteiger partial charge in [0.15, 0.2) is 0 Å². The third kappa shape index (κ3) is 8.80. The van der Waals surface area contributed by atoms with E-state index in [0.717, 1.165) is 49.1 Å². The van der Waals surface area contributed by atoms with Gasteiger partial charge in [-0.2, -0.15) is 0 Å². The molecule has 2 aliphatic heterocycles. The minimum Gasteiger partial charge on any atom is -0.497 e. The summed E-state index contributed by atoms with van der Waals surface area (Å²) in [5.41, 5.74) is 6.37. The van der Waals surface area contributed by atoms with E-state index in [1.807, 2.05) is 51.1 Å². The monoisotopic (exact) mass is 472 g/mol. The Labute approximate surface area is 204 Å². The zero-order chi connectivity index (χ0) is 25.5. The van der Waals surface area contributed by atoms with Gasteiger partial charge in [-0.15, -0.1) is 0 Å². The molecule has 3 N–H and O–H groups in total. The predicted octanol–water partition coefficient (Wildman–Crippen LogP) is 4.13. The van der Waals surface area contributed by atoms with Gasteiger partial charge in [0, 0.05) is 32.2 Å². The molecule has 0 radical (unpaired) electrons. The highest BCUT2D eigenvalue weighted by Gasteiger charge is 2.41. The molecule has 2 fully saturated rings. The number of rotatable bonds is 3. The Morgan fingerprint density at radius 3 is 2.15 bits per heavy atom. The summed E-state index contributed by atoms with van der Waals surface area (Å²) in [4.78, 5) is 22.4. The molecule has 1 saturated heterocycles. The predicted molar refractivity (Wildman–Crippen MR) is 136 cm³/mol. The molecule has 0 spiro atoms.